The van der Waals surface area contributed by atoms with Gasteiger partial charge >= 0.3 is 0 Å². The number of methoxy groups -OCH3 is 1. The quantitative estimate of drug-likeness (QED) is 0.820. The third-order valence-electron chi connectivity index (χ3n) is 2.48. The van der Waals surface area contributed by atoms with Crippen LogP contribution in [0.3, 0.4) is 0 Å². The molecule has 1 aromatic carbocycles. The summed E-state index contributed by atoms with van der Waals surface area (Å²) in [6, 6.07) is 3.82. The Bertz CT molecular complexity index is 479. The maximum atomic E-state index is 6.13. The molecule has 0 atom stereocenters. The lowest BCUT2D eigenvalue weighted by atomic mass is 10.1. The highest BCUT2D eigenvalue weighted by Crippen LogP contribution is 2.30. The molecule has 80 valence electrons. The zero-order valence-electron chi connectivity index (χ0n) is 8.64. The molecule has 1 heterocycles. The highest BCUT2D eigenvalue weighted by Gasteiger charge is 2.08. The van der Waals surface area contributed by atoms with Gasteiger partial charge in [-0.1, -0.05) is 11.6 Å². The van der Waals surface area contributed by atoms with E-state index < -0.39 is 0 Å². The number of H-pyrrole nitrogens is 1. The molecule has 0 amide bonds. The summed E-state index contributed by atoms with van der Waals surface area (Å²) in [5, 5.41) is 1.82. The number of halogens is 1. The number of hydrogen-bond donors (Lipinski definition) is 2. The maximum Gasteiger partial charge on any atom is 0.121 e. The van der Waals surface area contributed by atoms with Gasteiger partial charge in [-0.3, -0.25) is 0 Å². The van der Waals surface area contributed by atoms with Crippen LogP contribution >= 0.6 is 11.6 Å². The largest absolute Gasteiger partial charge is 0.497 e. The van der Waals surface area contributed by atoms with E-state index in [0.29, 0.717) is 5.02 Å². The van der Waals surface area contributed by atoms with Gasteiger partial charge in [0.1, 0.15) is 5.75 Å². The Labute approximate surface area is 93.2 Å². The van der Waals surface area contributed by atoms with Crippen LogP contribution in [-0.4, -0.2) is 18.6 Å². The summed E-state index contributed by atoms with van der Waals surface area (Å²) in [5.74, 6) is 0.789. The van der Waals surface area contributed by atoms with Gasteiger partial charge in [-0.2, -0.15) is 0 Å². The summed E-state index contributed by atoms with van der Waals surface area (Å²) in [6.45, 7) is 0.877. The first-order valence-electron chi connectivity index (χ1n) is 4.89. The Morgan fingerprint density at radius 1 is 1.47 bits per heavy atom. The minimum Gasteiger partial charge on any atom is -0.497 e. The van der Waals surface area contributed by atoms with E-state index in [1.54, 1.807) is 7.11 Å². The van der Waals surface area contributed by atoms with Crippen molar-refractivity contribution in [3.05, 3.63) is 28.9 Å². The van der Waals surface area contributed by atoms with E-state index in [1.807, 2.05) is 18.3 Å². The molecule has 4 heteroatoms. The first-order valence-corrected chi connectivity index (χ1v) is 5.26. The van der Waals surface area contributed by atoms with E-state index in [1.165, 1.54) is 5.56 Å². The Kier molecular flexibility index (Phi) is 2.84. The van der Waals surface area contributed by atoms with E-state index in [-0.39, 0.29) is 0 Å². The minimum absolute atomic E-state index is 0.694. The smallest absolute Gasteiger partial charge is 0.121 e. The van der Waals surface area contributed by atoms with Crippen LogP contribution in [0.5, 0.6) is 5.75 Å². The van der Waals surface area contributed by atoms with E-state index >= 15 is 0 Å². The second kappa shape index (κ2) is 4.13. The van der Waals surface area contributed by atoms with Crippen LogP contribution in [-0.2, 0) is 6.42 Å². The van der Waals surface area contributed by atoms with E-state index in [2.05, 4.69) is 10.7 Å². The van der Waals surface area contributed by atoms with Crippen molar-refractivity contribution in [3.8, 4) is 5.75 Å². The fourth-order valence-corrected chi connectivity index (χ4v) is 2.00. The zero-order chi connectivity index (χ0) is 10.8. The molecule has 0 unspecified atom stereocenters. The third kappa shape index (κ3) is 1.80. The highest BCUT2D eigenvalue weighted by atomic mass is 35.5. The van der Waals surface area contributed by atoms with Gasteiger partial charge in [-0.05, 0) is 11.6 Å². The second-order valence-corrected chi connectivity index (χ2v) is 3.86. The van der Waals surface area contributed by atoms with Crippen LogP contribution in [0, 0.1) is 0 Å². The van der Waals surface area contributed by atoms with Crippen molar-refractivity contribution >= 4 is 22.5 Å². The van der Waals surface area contributed by atoms with E-state index in [9.17, 15) is 0 Å². The Hall–Kier alpha value is -1.19. The van der Waals surface area contributed by atoms with Gasteiger partial charge in [0.05, 0.1) is 24.2 Å². The lowest BCUT2D eigenvalue weighted by Crippen LogP contribution is -2.51. The Morgan fingerprint density at radius 3 is 2.93 bits per heavy atom. The lowest BCUT2D eigenvalue weighted by Gasteiger charge is -2.02. The maximum absolute atomic E-state index is 6.13. The monoisotopic (exact) mass is 225 g/mol. The Morgan fingerprint density at radius 2 is 2.27 bits per heavy atom. The summed E-state index contributed by atoms with van der Waals surface area (Å²) < 4.78 is 5.19. The van der Waals surface area contributed by atoms with Crippen molar-refractivity contribution in [1.82, 2.24) is 4.98 Å². The normalized spacial score (nSPS) is 10.9. The van der Waals surface area contributed by atoms with Gasteiger partial charge in [0.15, 0.2) is 0 Å². The number of quaternary nitrogens is 1. The van der Waals surface area contributed by atoms with Gasteiger partial charge in [-0.25, -0.2) is 0 Å². The number of benzene rings is 1. The number of fused-ring (bicyclic) bond motifs is 1. The Balaban J connectivity index is 2.61. The molecule has 1 aromatic heterocycles. The molecule has 0 saturated carbocycles. The van der Waals surface area contributed by atoms with Crippen molar-refractivity contribution in [2.75, 3.05) is 13.7 Å². The predicted molar refractivity (Wildman–Crippen MR) is 61.3 cm³/mol. The van der Waals surface area contributed by atoms with Gasteiger partial charge < -0.3 is 15.5 Å². The molecular weight excluding hydrogens is 212 g/mol. The minimum atomic E-state index is 0.694. The lowest BCUT2D eigenvalue weighted by molar-refractivity contribution is -0.366. The number of rotatable bonds is 3. The fraction of sp³-hybridized carbons (Fsp3) is 0.273. The number of aromatic amines is 1. The molecule has 0 spiro atoms. The summed E-state index contributed by atoms with van der Waals surface area (Å²) in [4.78, 5) is 3.18. The predicted octanol–water partition coefficient (Wildman–Crippen LogP) is 1.61. The second-order valence-electron chi connectivity index (χ2n) is 3.45. The first-order chi connectivity index (χ1) is 7.26. The standard InChI is InChI=1S/C11H13ClN2O/c1-15-8-4-9-7(2-3-13)6-14-11(9)10(12)5-8/h4-6,14H,2-3,13H2,1H3/p+1. The van der Waals surface area contributed by atoms with Gasteiger partial charge in [-0.15, -0.1) is 0 Å². The van der Waals surface area contributed by atoms with Crippen LogP contribution in [0.2, 0.25) is 5.02 Å². The van der Waals surface area contributed by atoms with Gasteiger partial charge in [0.2, 0.25) is 0 Å². The van der Waals surface area contributed by atoms with Crippen LogP contribution in [0.1, 0.15) is 5.56 Å². The summed E-state index contributed by atoms with van der Waals surface area (Å²) in [7, 11) is 1.64. The zero-order valence-corrected chi connectivity index (χ0v) is 9.40. The van der Waals surface area contributed by atoms with E-state index in [0.717, 1.165) is 29.6 Å². The van der Waals surface area contributed by atoms with Crippen molar-refractivity contribution in [1.29, 1.82) is 0 Å². The van der Waals surface area contributed by atoms with Crippen LogP contribution < -0.4 is 10.5 Å². The molecule has 0 aliphatic carbocycles. The number of aromatic nitrogens is 1. The summed E-state index contributed by atoms with van der Waals surface area (Å²) in [6.07, 6.45) is 2.94. The van der Waals surface area contributed by atoms with Crippen molar-refractivity contribution in [2.45, 2.75) is 6.42 Å². The number of hydrogen-bond acceptors (Lipinski definition) is 1. The third-order valence-corrected chi connectivity index (χ3v) is 2.78. The topological polar surface area (TPSA) is 52.7 Å². The van der Waals surface area contributed by atoms with Crippen molar-refractivity contribution < 1.29 is 10.5 Å². The molecule has 4 N–H and O–H groups in total. The molecule has 2 aromatic rings. The highest BCUT2D eigenvalue weighted by molar-refractivity contribution is 6.35. The fourth-order valence-electron chi connectivity index (χ4n) is 1.73. The molecule has 0 saturated heterocycles. The molecule has 0 aliphatic heterocycles. The number of ether oxygens (including phenoxy) is 1. The SMILES string of the molecule is COc1cc(Cl)c2[nH]cc(CC[NH3+])c2c1. The van der Waals surface area contributed by atoms with Gasteiger partial charge in [0.25, 0.3) is 0 Å². The van der Waals surface area contributed by atoms with Crippen molar-refractivity contribution in [3.63, 3.8) is 0 Å². The molecule has 0 fully saturated rings. The average molecular weight is 226 g/mol. The molecule has 0 bridgehead atoms. The van der Waals surface area contributed by atoms with Crippen LogP contribution in [0.15, 0.2) is 18.3 Å². The molecular formula is C11H14ClN2O+. The van der Waals surface area contributed by atoms with Crippen molar-refractivity contribution in [2.24, 2.45) is 0 Å². The molecule has 0 radical (unpaired) electrons. The number of nitrogens with one attached hydrogen (secondary N) is 1. The van der Waals surface area contributed by atoms with Crippen LogP contribution in [0.25, 0.3) is 10.9 Å². The van der Waals surface area contributed by atoms with Gasteiger partial charge in [0, 0.05) is 24.1 Å². The molecule has 2 rings (SSSR count). The average Bonchev–Trinajstić information content (AvgIpc) is 2.63. The molecule has 0 aliphatic rings. The first kappa shape index (κ1) is 10.3. The summed E-state index contributed by atoms with van der Waals surface area (Å²) in [5.41, 5.74) is 6.06. The summed E-state index contributed by atoms with van der Waals surface area (Å²) >= 11 is 6.13. The molecule has 3 nitrogen and oxygen atoms in total. The van der Waals surface area contributed by atoms with Crippen LogP contribution in [0.4, 0.5) is 0 Å². The molecule has 15 heavy (non-hydrogen) atoms. The van der Waals surface area contributed by atoms with E-state index in [4.69, 9.17) is 16.3 Å².